The number of hydrogen-bond acceptors (Lipinski definition) is 6. The lowest BCUT2D eigenvalue weighted by Gasteiger charge is -2.41. The van der Waals surface area contributed by atoms with Crippen molar-refractivity contribution in [2.75, 3.05) is 38.1 Å². The maximum absolute atomic E-state index is 9.78. The number of hydrogen-bond donors (Lipinski definition) is 4. The minimum absolute atomic E-state index is 0.172. The Bertz CT molecular complexity index is 1430. The van der Waals surface area contributed by atoms with Crippen molar-refractivity contribution in [2.45, 2.75) is 38.0 Å². The molecule has 2 aliphatic rings. The summed E-state index contributed by atoms with van der Waals surface area (Å²) in [6, 6.07) is 23.3. The van der Waals surface area contributed by atoms with E-state index in [0.29, 0.717) is 17.6 Å². The standard InChI is InChI=1S/C32H36ClN5O2/c33-29-10-9-24(17-28(29)32-34-18-31(36-32)22-5-2-1-3-6-22)35-30-8-4-7-23-19-38(16-13-27(23)30)25-11-14-37(15-12-25)20-26(40)21-39/h1-10,17-18,25-26,35,39-40H,11-16,19-21H2,(H,34,36). The molecule has 40 heavy (non-hydrogen) atoms. The molecule has 0 aliphatic carbocycles. The molecule has 1 unspecified atom stereocenters. The predicted molar refractivity (Wildman–Crippen MR) is 161 cm³/mol. The van der Waals surface area contributed by atoms with E-state index in [1.807, 2.05) is 36.5 Å². The summed E-state index contributed by atoms with van der Waals surface area (Å²) >= 11 is 6.62. The fraction of sp³-hybridized carbons (Fsp3) is 0.344. The Balaban J connectivity index is 1.14. The topological polar surface area (TPSA) is 87.7 Å². The van der Waals surface area contributed by atoms with Gasteiger partial charge in [0.1, 0.15) is 5.82 Å². The van der Waals surface area contributed by atoms with Crippen LogP contribution in [-0.2, 0) is 13.0 Å². The molecule has 1 saturated heterocycles. The van der Waals surface area contributed by atoms with Gasteiger partial charge >= 0.3 is 0 Å². The molecule has 1 aromatic heterocycles. The van der Waals surface area contributed by atoms with E-state index in [4.69, 9.17) is 16.7 Å². The van der Waals surface area contributed by atoms with Crippen LogP contribution in [0.2, 0.25) is 5.02 Å². The van der Waals surface area contributed by atoms with E-state index >= 15 is 0 Å². The van der Waals surface area contributed by atoms with E-state index in [1.165, 1.54) is 11.1 Å². The van der Waals surface area contributed by atoms with Gasteiger partial charge in [-0.1, -0.05) is 54.1 Å². The van der Waals surface area contributed by atoms with Crippen LogP contribution >= 0.6 is 11.6 Å². The van der Waals surface area contributed by atoms with Crippen molar-refractivity contribution < 1.29 is 10.2 Å². The molecule has 8 heteroatoms. The summed E-state index contributed by atoms with van der Waals surface area (Å²) in [7, 11) is 0. The number of β-amino-alcohol motifs (C(OH)–C–C–N with tert-alkyl or cyclic N) is 1. The summed E-state index contributed by atoms with van der Waals surface area (Å²) in [5, 5.41) is 23.2. The van der Waals surface area contributed by atoms with Crippen LogP contribution in [0.25, 0.3) is 22.6 Å². The van der Waals surface area contributed by atoms with E-state index in [9.17, 15) is 5.11 Å². The van der Waals surface area contributed by atoms with Crippen molar-refractivity contribution in [2.24, 2.45) is 0 Å². The number of fused-ring (bicyclic) bond motifs is 1. The molecule has 0 bridgehead atoms. The molecular weight excluding hydrogens is 522 g/mol. The molecule has 1 atom stereocenters. The minimum atomic E-state index is -0.646. The molecule has 208 valence electrons. The van der Waals surface area contributed by atoms with Gasteiger partial charge in [0.05, 0.1) is 29.6 Å². The summed E-state index contributed by atoms with van der Waals surface area (Å²) in [4.78, 5) is 12.9. The quantitative estimate of drug-likeness (QED) is 0.235. The average Bonchev–Trinajstić information content (AvgIpc) is 3.49. The summed E-state index contributed by atoms with van der Waals surface area (Å²) in [6.07, 6.45) is 4.39. The number of anilines is 2. The van der Waals surface area contributed by atoms with Crippen molar-refractivity contribution >= 4 is 23.0 Å². The van der Waals surface area contributed by atoms with Gasteiger partial charge in [0.2, 0.25) is 0 Å². The Morgan fingerprint density at radius 3 is 2.65 bits per heavy atom. The van der Waals surface area contributed by atoms with Crippen LogP contribution in [0.4, 0.5) is 11.4 Å². The van der Waals surface area contributed by atoms with Crippen molar-refractivity contribution in [3.05, 3.63) is 89.1 Å². The number of aromatic amines is 1. The van der Waals surface area contributed by atoms with Crippen LogP contribution in [-0.4, -0.2) is 74.9 Å². The number of nitrogens with one attached hydrogen (secondary N) is 2. The smallest absolute Gasteiger partial charge is 0.139 e. The SMILES string of the molecule is OCC(O)CN1CCC(N2CCc3c(cccc3Nc3ccc(Cl)c(-c4ncc(-c5ccccc5)[nH]4)c3)C2)CC1. The molecule has 1 fully saturated rings. The number of nitrogens with zero attached hydrogens (tertiary/aromatic N) is 3. The number of rotatable bonds is 8. The monoisotopic (exact) mass is 557 g/mol. The Kier molecular flexibility index (Phi) is 8.18. The zero-order valence-electron chi connectivity index (χ0n) is 22.6. The first-order valence-electron chi connectivity index (χ1n) is 14.1. The minimum Gasteiger partial charge on any atom is -0.394 e. The maximum atomic E-state index is 9.78. The molecule has 4 aromatic rings. The predicted octanol–water partition coefficient (Wildman–Crippen LogP) is 5.32. The van der Waals surface area contributed by atoms with Crippen molar-refractivity contribution in [1.29, 1.82) is 0 Å². The van der Waals surface area contributed by atoms with E-state index < -0.39 is 6.10 Å². The highest BCUT2D eigenvalue weighted by Gasteiger charge is 2.28. The lowest BCUT2D eigenvalue weighted by Crippen LogP contribution is -2.48. The van der Waals surface area contributed by atoms with Crippen LogP contribution in [0, 0.1) is 0 Å². The number of H-pyrrole nitrogens is 1. The van der Waals surface area contributed by atoms with Gasteiger partial charge in [0.25, 0.3) is 0 Å². The van der Waals surface area contributed by atoms with Crippen LogP contribution in [0.5, 0.6) is 0 Å². The Labute approximate surface area is 240 Å². The first kappa shape index (κ1) is 27.0. The van der Waals surface area contributed by atoms with Crippen LogP contribution in [0.15, 0.2) is 72.9 Å². The Morgan fingerprint density at radius 2 is 1.85 bits per heavy atom. The second kappa shape index (κ2) is 12.1. The Hall–Kier alpha value is -3.20. The second-order valence-electron chi connectivity index (χ2n) is 10.9. The van der Waals surface area contributed by atoms with Crippen molar-refractivity contribution in [3.8, 4) is 22.6 Å². The van der Waals surface area contributed by atoms with Gasteiger partial charge < -0.3 is 25.4 Å². The number of likely N-dealkylation sites (tertiary alicyclic amines) is 1. The van der Waals surface area contributed by atoms with E-state index in [2.05, 4.69) is 61.5 Å². The fourth-order valence-corrected chi connectivity index (χ4v) is 6.25. The number of benzene rings is 3. The first-order valence-corrected chi connectivity index (χ1v) is 14.5. The van der Waals surface area contributed by atoms with Gasteiger partial charge in [-0.15, -0.1) is 0 Å². The summed E-state index contributed by atoms with van der Waals surface area (Å²) in [5.41, 5.74) is 7.78. The highest BCUT2D eigenvalue weighted by Crippen LogP contribution is 2.34. The number of aliphatic hydroxyl groups excluding tert-OH is 2. The molecular formula is C32H36ClN5O2. The zero-order chi connectivity index (χ0) is 27.5. The van der Waals surface area contributed by atoms with Gasteiger partial charge in [-0.2, -0.15) is 0 Å². The number of piperidine rings is 1. The number of aliphatic hydroxyl groups is 2. The Morgan fingerprint density at radius 1 is 1.02 bits per heavy atom. The molecule has 3 aromatic carbocycles. The summed E-state index contributed by atoms with van der Waals surface area (Å²) in [6.45, 7) is 4.31. The molecule has 0 saturated carbocycles. The number of halogens is 1. The van der Waals surface area contributed by atoms with Gasteiger partial charge in [0.15, 0.2) is 0 Å². The summed E-state index contributed by atoms with van der Waals surface area (Å²) < 4.78 is 0. The molecule has 0 spiro atoms. The third kappa shape index (κ3) is 5.94. The van der Waals surface area contributed by atoms with Crippen LogP contribution < -0.4 is 5.32 Å². The van der Waals surface area contributed by atoms with E-state index in [-0.39, 0.29) is 6.61 Å². The lowest BCUT2D eigenvalue weighted by atomic mass is 9.94. The second-order valence-corrected chi connectivity index (χ2v) is 11.3. The van der Waals surface area contributed by atoms with Gasteiger partial charge in [-0.05, 0) is 73.3 Å². The molecule has 4 N–H and O–H groups in total. The molecule has 6 rings (SSSR count). The molecule has 2 aliphatic heterocycles. The summed E-state index contributed by atoms with van der Waals surface area (Å²) in [5.74, 6) is 0.746. The largest absolute Gasteiger partial charge is 0.394 e. The zero-order valence-corrected chi connectivity index (χ0v) is 23.3. The van der Waals surface area contributed by atoms with Gasteiger partial charge in [-0.3, -0.25) is 4.90 Å². The molecule has 7 nitrogen and oxygen atoms in total. The fourth-order valence-electron chi connectivity index (χ4n) is 6.05. The average molecular weight is 558 g/mol. The molecule has 3 heterocycles. The third-order valence-corrected chi connectivity index (χ3v) is 8.54. The number of imidazole rings is 1. The van der Waals surface area contributed by atoms with Crippen LogP contribution in [0.3, 0.4) is 0 Å². The normalized spacial score (nSPS) is 17.5. The highest BCUT2D eigenvalue weighted by atomic mass is 35.5. The molecule has 0 amide bonds. The van der Waals surface area contributed by atoms with Gasteiger partial charge in [-0.25, -0.2) is 4.98 Å². The lowest BCUT2D eigenvalue weighted by molar-refractivity contribution is 0.0360. The van der Waals surface area contributed by atoms with Crippen molar-refractivity contribution in [3.63, 3.8) is 0 Å². The first-order chi connectivity index (χ1) is 19.6. The highest BCUT2D eigenvalue weighted by molar-refractivity contribution is 6.33. The maximum Gasteiger partial charge on any atom is 0.139 e. The van der Waals surface area contributed by atoms with E-state index in [1.54, 1.807) is 0 Å². The van der Waals surface area contributed by atoms with Gasteiger partial charge in [0, 0.05) is 42.6 Å². The van der Waals surface area contributed by atoms with Crippen molar-refractivity contribution in [1.82, 2.24) is 19.8 Å². The third-order valence-electron chi connectivity index (χ3n) is 8.21. The molecule has 0 radical (unpaired) electrons. The number of aromatic nitrogens is 2. The van der Waals surface area contributed by atoms with E-state index in [0.717, 1.165) is 79.5 Å². The van der Waals surface area contributed by atoms with Crippen LogP contribution in [0.1, 0.15) is 24.0 Å².